The number of para-hydroxylation sites is 1. The minimum Gasteiger partial charge on any atom is -0.452 e. The topological polar surface area (TPSA) is 127 Å². The Morgan fingerprint density at radius 1 is 1.08 bits per heavy atom. The van der Waals surface area contributed by atoms with Gasteiger partial charge in [0.05, 0.1) is 6.54 Å². The summed E-state index contributed by atoms with van der Waals surface area (Å²) >= 11 is 0. The summed E-state index contributed by atoms with van der Waals surface area (Å²) in [7, 11) is 1.52. The molecule has 0 aliphatic carbocycles. The summed E-state index contributed by atoms with van der Waals surface area (Å²) in [6.45, 7) is 7.06. The maximum absolute atomic E-state index is 12.7. The van der Waals surface area contributed by atoms with Crippen molar-refractivity contribution in [1.29, 1.82) is 0 Å². The predicted octanol–water partition coefficient (Wildman–Crippen LogP) is 1.39. The third-order valence-corrected chi connectivity index (χ3v) is 6.32. The zero-order valence-corrected chi connectivity index (χ0v) is 20.8. The lowest BCUT2D eigenvalue weighted by molar-refractivity contribution is -0.136. The maximum atomic E-state index is 12.7. The highest BCUT2D eigenvalue weighted by molar-refractivity contribution is 6.03. The lowest BCUT2D eigenvalue weighted by Gasteiger charge is -2.34. The first-order valence-electron chi connectivity index (χ1n) is 11.6. The molecule has 190 valence electrons. The summed E-state index contributed by atoms with van der Waals surface area (Å²) in [5.74, 6) is -1.07. The molecule has 0 unspecified atom stereocenters. The summed E-state index contributed by atoms with van der Waals surface area (Å²) in [5, 5.41) is 3.01. The van der Waals surface area contributed by atoms with Gasteiger partial charge in [0.1, 0.15) is 23.0 Å². The van der Waals surface area contributed by atoms with Gasteiger partial charge in [0.15, 0.2) is 6.61 Å². The van der Waals surface area contributed by atoms with Gasteiger partial charge in [-0.1, -0.05) is 18.2 Å². The zero-order chi connectivity index (χ0) is 26.0. The predicted molar refractivity (Wildman–Crippen MR) is 132 cm³/mol. The first kappa shape index (κ1) is 25.1. The number of esters is 1. The van der Waals surface area contributed by atoms with E-state index in [0.717, 1.165) is 16.8 Å². The molecule has 1 aliphatic heterocycles. The van der Waals surface area contributed by atoms with Crippen molar-refractivity contribution < 1.29 is 23.5 Å². The Morgan fingerprint density at radius 3 is 2.42 bits per heavy atom. The molecule has 4 rings (SSSR count). The van der Waals surface area contributed by atoms with E-state index in [9.17, 15) is 19.2 Å². The molecule has 0 radical (unpaired) electrons. The highest BCUT2D eigenvalue weighted by Crippen LogP contribution is 2.22. The molecule has 0 saturated carbocycles. The quantitative estimate of drug-likeness (QED) is 0.509. The number of aromatic nitrogens is 2. The fourth-order valence-electron chi connectivity index (χ4n) is 4.27. The molecule has 11 heteroatoms. The highest BCUT2D eigenvalue weighted by atomic mass is 16.5. The number of piperazine rings is 1. The average molecular weight is 496 g/mol. The van der Waals surface area contributed by atoms with Crippen LogP contribution >= 0.6 is 0 Å². The number of carbonyl (C=O) groups excluding carboxylic acids is 3. The van der Waals surface area contributed by atoms with Crippen molar-refractivity contribution in [3.05, 3.63) is 57.3 Å². The number of hydrogen-bond donors (Lipinski definition) is 1. The second-order valence-corrected chi connectivity index (χ2v) is 8.92. The Labute approximate surface area is 207 Å². The van der Waals surface area contributed by atoms with E-state index in [1.165, 1.54) is 24.9 Å². The molecule has 0 spiro atoms. The summed E-state index contributed by atoms with van der Waals surface area (Å²) in [6.07, 6.45) is 1.30. The number of fused-ring (bicyclic) bond motifs is 1. The number of nitrogens with one attached hydrogen (secondary N) is 1. The molecule has 11 nitrogen and oxygen atoms in total. The molecule has 2 aromatic heterocycles. The molecule has 1 aromatic carbocycles. The molecule has 36 heavy (non-hydrogen) atoms. The van der Waals surface area contributed by atoms with Gasteiger partial charge in [0.2, 0.25) is 11.6 Å². The molecule has 1 N–H and O–H groups in total. The fourth-order valence-corrected chi connectivity index (χ4v) is 4.27. The monoisotopic (exact) mass is 495 g/mol. The molecule has 1 fully saturated rings. The summed E-state index contributed by atoms with van der Waals surface area (Å²) in [5.41, 5.74) is 2.42. The number of anilines is 1. The van der Waals surface area contributed by atoms with Crippen molar-refractivity contribution in [3.63, 3.8) is 0 Å². The number of benzene rings is 1. The number of hydrogen-bond acceptors (Lipinski definition) is 8. The van der Waals surface area contributed by atoms with Gasteiger partial charge < -0.3 is 23.9 Å². The van der Waals surface area contributed by atoms with Crippen molar-refractivity contribution >= 4 is 34.6 Å². The number of carbonyl (C=O) groups is 3. The van der Waals surface area contributed by atoms with Crippen LogP contribution in [-0.2, 0) is 21.4 Å². The van der Waals surface area contributed by atoms with Crippen LogP contribution in [0.25, 0.3) is 11.1 Å². The number of ether oxygens (including phenoxy) is 1. The Balaban J connectivity index is 1.28. The number of nitrogens with zero attached hydrogens (tertiary/aromatic N) is 4. The van der Waals surface area contributed by atoms with Crippen LogP contribution in [0.1, 0.15) is 27.2 Å². The lowest BCUT2D eigenvalue weighted by atomic mass is 10.1. The van der Waals surface area contributed by atoms with E-state index in [-0.39, 0.29) is 40.8 Å². The standard InChI is InChI=1S/C25H29N5O6/c1-15-6-5-7-16(2)22(15)27-18(31)12-29-8-10-30(11-9-29)19(32)13-35-25(34)20-17(3)36-23-21(20)24(33)28(4)14-26-23/h5-7,14H,8-13H2,1-4H3,(H,27,31). The average Bonchev–Trinajstić information content (AvgIpc) is 3.19. The first-order chi connectivity index (χ1) is 17.2. The van der Waals surface area contributed by atoms with E-state index in [4.69, 9.17) is 9.15 Å². The van der Waals surface area contributed by atoms with Gasteiger partial charge in [-0.3, -0.25) is 19.3 Å². The molecule has 3 aromatic rings. The molecule has 2 amide bonds. The minimum absolute atomic E-state index is 0.0220. The van der Waals surface area contributed by atoms with E-state index in [1.807, 2.05) is 36.9 Å². The van der Waals surface area contributed by atoms with Crippen LogP contribution < -0.4 is 10.9 Å². The van der Waals surface area contributed by atoms with E-state index in [0.29, 0.717) is 26.2 Å². The smallest absolute Gasteiger partial charge is 0.343 e. The van der Waals surface area contributed by atoms with Crippen LogP contribution in [-0.4, -0.2) is 76.5 Å². The van der Waals surface area contributed by atoms with Gasteiger partial charge in [-0.15, -0.1) is 0 Å². The van der Waals surface area contributed by atoms with Gasteiger partial charge in [0, 0.05) is 38.9 Å². The van der Waals surface area contributed by atoms with E-state index in [1.54, 1.807) is 4.90 Å². The van der Waals surface area contributed by atoms with Gasteiger partial charge in [-0.05, 0) is 31.9 Å². The van der Waals surface area contributed by atoms with Crippen LogP contribution in [0.15, 0.2) is 33.7 Å². The zero-order valence-electron chi connectivity index (χ0n) is 20.8. The van der Waals surface area contributed by atoms with Crippen LogP contribution in [0.2, 0.25) is 0 Å². The van der Waals surface area contributed by atoms with Crippen molar-refractivity contribution in [2.75, 3.05) is 44.6 Å². The minimum atomic E-state index is -0.813. The van der Waals surface area contributed by atoms with Gasteiger partial charge in [-0.25, -0.2) is 9.78 Å². The lowest BCUT2D eigenvalue weighted by Crippen LogP contribution is -2.51. The van der Waals surface area contributed by atoms with Gasteiger partial charge in [-0.2, -0.15) is 0 Å². The molecular formula is C25H29N5O6. The number of furan rings is 1. The summed E-state index contributed by atoms with van der Waals surface area (Å²) in [6, 6.07) is 5.85. The van der Waals surface area contributed by atoms with Crippen molar-refractivity contribution in [2.45, 2.75) is 20.8 Å². The summed E-state index contributed by atoms with van der Waals surface area (Å²) in [4.78, 5) is 57.9. The Morgan fingerprint density at radius 2 is 1.75 bits per heavy atom. The van der Waals surface area contributed by atoms with Crippen molar-refractivity contribution in [3.8, 4) is 0 Å². The van der Waals surface area contributed by atoms with Crippen LogP contribution in [0, 0.1) is 20.8 Å². The highest BCUT2D eigenvalue weighted by Gasteiger charge is 2.27. The van der Waals surface area contributed by atoms with E-state index in [2.05, 4.69) is 10.3 Å². The molecule has 0 atom stereocenters. The van der Waals surface area contributed by atoms with Crippen LogP contribution in [0.5, 0.6) is 0 Å². The first-order valence-corrected chi connectivity index (χ1v) is 11.6. The molecule has 1 aliphatic rings. The number of rotatable bonds is 6. The fraction of sp³-hybridized carbons (Fsp3) is 0.400. The van der Waals surface area contributed by atoms with E-state index < -0.39 is 18.1 Å². The number of aryl methyl sites for hydroxylation is 4. The third-order valence-electron chi connectivity index (χ3n) is 6.32. The normalized spacial score (nSPS) is 14.2. The Kier molecular flexibility index (Phi) is 7.20. The van der Waals surface area contributed by atoms with Gasteiger partial charge >= 0.3 is 5.97 Å². The maximum Gasteiger partial charge on any atom is 0.343 e. The van der Waals surface area contributed by atoms with Gasteiger partial charge in [0.25, 0.3) is 11.5 Å². The SMILES string of the molecule is Cc1cccc(C)c1NC(=O)CN1CCN(C(=O)COC(=O)c2c(C)oc3ncn(C)c(=O)c23)CC1. The largest absolute Gasteiger partial charge is 0.452 e. The Bertz CT molecular complexity index is 1360. The van der Waals surface area contributed by atoms with Crippen molar-refractivity contribution in [1.82, 2.24) is 19.4 Å². The van der Waals surface area contributed by atoms with E-state index >= 15 is 0 Å². The summed E-state index contributed by atoms with van der Waals surface area (Å²) < 4.78 is 11.9. The third kappa shape index (κ3) is 5.15. The molecule has 3 heterocycles. The number of amides is 2. The van der Waals surface area contributed by atoms with Crippen molar-refractivity contribution in [2.24, 2.45) is 7.05 Å². The molecular weight excluding hydrogens is 466 g/mol. The van der Waals surface area contributed by atoms with Crippen LogP contribution in [0.3, 0.4) is 0 Å². The molecule has 0 bridgehead atoms. The second-order valence-electron chi connectivity index (χ2n) is 8.92. The van der Waals surface area contributed by atoms with Crippen LogP contribution in [0.4, 0.5) is 5.69 Å². The molecule has 1 saturated heterocycles. The second kappa shape index (κ2) is 10.3. The Hall–Kier alpha value is -3.99.